The Labute approximate surface area is 210 Å². The lowest BCUT2D eigenvalue weighted by molar-refractivity contribution is -0.163. The summed E-state index contributed by atoms with van der Waals surface area (Å²) in [5.74, 6) is -4.67. The number of nitrogens with zero attached hydrogens (tertiary/aromatic N) is 1. The van der Waals surface area contributed by atoms with Gasteiger partial charge in [0.15, 0.2) is 0 Å². The number of ether oxygens (including phenoxy) is 1. The normalized spacial score (nSPS) is 15.3. The van der Waals surface area contributed by atoms with Crippen molar-refractivity contribution in [3.8, 4) is 0 Å². The number of hydrogen-bond donors (Lipinski definition) is 3. The molecule has 0 saturated carbocycles. The Morgan fingerprint density at radius 2 is 1.81 bits per heavy atom. The maximum Gasteiger partial charge on any atom is 0.396 e. The highest BCUT2D eigenvalue weighted by Crippen LogP contribution is 2.41. The van der Waals surface area contributed by atoms with Crippen molar-refractivity contribution in [2.24, 2.45) is 0 Å². The standard InChI is InChI=1S/C24H26ClF4N3O4/c1-2-32(16-7-9-36-10-8-16)21-6-3-14(17(13-22(33)34)24(27,28)29)11-20(21)31-23(35)30-19-5-4-15(25)12-18(19)26/h3-6,11-12,16-17H,2,7-10,13H2,1H3,(H,33,34)(H2,30,31,35). The molecule has 12 heteroatoms. The molecule has 196 valence electrons. The zero-order valence-corrected chi connectivity index (χ0v) is 20.1. The summed E-state index contributed by atoms with van der Waals surface area (Å²) in [7, 11) is 0. The van der Waals surface area contributed by atoms with Crippen LogP contribution in [0.2, 0.25) is 5.02 Å². The average molecular weight is 532 g/mol. The van der Waals surface area contributed by atoms with Crippen LogP contribution >= 0.6 is 11.6 Å². The lowest BCUT2D eigenvalue weighted by Gasteiger charge is -2.36. The fourth-order valence-corrected chi connectivity index (χ4v) is 4.37. The Morgan fingerprint density at radius 3 is 2.39 bits per heavy atom. The van der Waals surface area contributed by atoms with E-state index in [4.69, 9.17) is 21.4 Å². The zero-order chi connectivity index (χ0) is 26.5. The van der Waals surface area contributed by atoms with Gasteiger partial charge in [0.25, 0.3) is 0 Å². The molecule has 0 bridgehead atoms. The summed E-state index contributed by atoms with van der Waals surface area (Å²) in [5, 5.41) is 14.0. The van der Waals surface area contributed by atoms with E-state index in [-0.39, 0.29) is 28.0 Å². The number of alkyl halides is 3. The molecule has 0 radical (unpaired) electrons. The van der Waals surface area contributed by atoms with Crippen LogP contribution in [0.1, 0.15) is 37.7 Å². The van der Waals surface area contributed by atoms with Gasteiger partial charge in [0.2, 0.25) is 0 Å². The number of nitrogens with one attached hydrogen (secondary N) is 2. The van der Waals surface area contributed by atoms with Gasteiger partial charge >= 0.3 is 18.2 Å². The average Bonchev–Trinajstić information content (AvgIpc) is 2.80. The summed E-state index contributed by atoms with van der Waals surface area (Å²) in [5.41, 5.74) is -0.00133. The molecule has 1 heterocycles. The number of rotatable bonds is 8. The Morgan fingerprint density at radius 1 is 1.14 bits per heavy atom. The van der Waals surface area contributed by atoms with Crippen LogP contribution in [0.25, 0.3) is 0 Å². The monoisotopic (exact) mass is 531 g/mol. The second kappa shape index (κ2) is 11.8. The summed E-state index contributed by atoms with van der Waals surface area (Å²) in [6.07, 6.45) is -4.62. The third-order valence-corrected chi connectivity index (χ3v) is 6.14. The SMILES string of the molecule is CCN(c1ccc(C(CC(=O)O)C(F)(F)F)cc1NC(=O)Nc1ccc(Cl)cc1F)C1CCOCC1. The van der Waals surface area contributed by atoms with Gasteiger partial charge in [-0.05, 0) is 55.7 Å². The fraction of sp³-hybridized carbons (Fsp3) is 0.417. The smallest absolute Gasteiger partial charge is 0.396 e. The summed E-state index contributed by atoms with van der Waals surface area (Å²) in [4.78, 5) is 25.8. The predicted molar refractivity (Wildman–Crippen MR) is 128 cm³/mol. The number of hydrogen-bond acceptors (Lipinski definition) is 4. The number of halogens is 5. The first-order chi connectivity index (χ1) is 17.0. The first-order valence-corrected chi connectivity index (χ1v) is 11.7. The zero-order valence-electron chi connectivity index (χ0n) is 19.4. The van der Waals surface area contributed by atoms with E-state index >= 15 is 0 Å². The summed E-state index contributed by atoms with van der Waals surface area (Å²) < 4.78 is 60.7. The molecule has 1 fully saturated rings. The maximum atomic E-state index is 14.1. The predicted octanol–water partition coefficient (Wildman–Crippen LogP) is 6.25. The van der Waals surface area contributed by atoms with E-state index in [9.17, 15) is 27.2 Å². The van der Waals surface area contributed by atoms with E-state index in [1.54, 1.807) is 0 Å². The molecule has 1 atom stereocenters. The molecule has 2 aromatic rings. The van der Waals surface area contributed by atoms with Crippen molar-refractivity contribution in [1.82, 2.24) is 0 Å². The quantitative estimate of drug-likeness (QED) is 0.350. The molecule has 1 saturated heterocycles. The Bertz CT molecular complexity index is 1090. The summed E-state index contributed by atoms with van der Waals surface area (Å²) in [6.45, 7) is 3.41. The Kier molecular flexibility index (Phi) is 9.02. The maximum absolute atomic E-state index is 14.1. The minimum absolute atomic E-state index is 0.0179. The van der Waals surface area contributed by atoms with Crippen LogP contribution in [0, 0.1) is 5.82 Å². The molecule has 1 aliphatic heterocycles. The molecule has 3 rings (SSSR count). The Hall–Kier alpha value is -3.05. The number of anilines is 3. The lowest BCUT2D eigenvalue weighted by atomic mass is 9.93. The van der Waals surface area contributed by atoms with Gasteiger partial charge in [0.05, 0.1) is 29.4 Å². The van der Waals surface area contributed by atoms with Crippen molar-refractivity contribution in [3.63, 3.8) is 0 Å². The van der Waals surface area contributed by atoms with Crippen molar-refractivity contribution < 1.29 is 37.0 Å². The van der Waals surface area contributed by atoms with E-state index in [2.05, 4.69) is 10.6 Å². The molecule has 2 amide bonds. The molecule has 3 N–H and O–H groups in total. The molecular weight excluding hydrogens is 506 g/mol. The van der Waals surface area contributed by atoms with Gasteiger partial charge < -0.3 is 25.4 Å². The van der Waals surface area contributed by atoms with Crippen LogP contribution in [0.3, 0.4) is 0 Å². The number of urea groups is 1. The molecular formula is C24H26ClF4N3O4. The van der Waals surface area contributed by atoms with Gasteiger partial charge in [0, 0.05) is 30.8 Å². The van der Waals surface area contributed by atoms with Gasteiger partial charge in [0.1, 0.15) is 5.82 Å². The van der Waals surface area contributed by atoms with E-state index in [1.165, 1.54) is 24.3 Å². The summed E-state index contributed by atoms with van der Waals surface area (Å²) >= 11 is 5.73. The third-order valence-electron chi connectivity index (χ3n) is 5.91. The van der Waals surface area contributed by atoms with E-state index in [0.717, 1.165) is 12.1 Å². The molecule has 2 aromatic carbocycles. The van der Waals surface area contributed by atoms with E-state index in [1.807, 2.05) is 11.8 Å². The van der Waals surface area contributed by atoms with Gasteiger partial charge in [-0.2, -0.15) is 13.2 Å². The minimum Gasteiger partial charge on any atom is -0.481 e. The first-order valence-electron chi connectivity index (χ1n) is 11.3. The van der Waals surface area contributed by atoms with Crippen molar-refractivity contribution >= 4 is 40.7 Å². The second-order valence-corrected chi connectivity index (χ2v) is 8.74. The Balaban J connectivity index is 1.99. The van der Waals surface area contributed by atoms with Crippen molar-refractivity contribution in [2.75, 3.05) is 35.3 Å². The van der Waals surface area contributed by atoms with Gasteiger partial charge in [-0.1, -0.05) is 17.7 Å². The molecule has 0 aromatic heterocycles. The third kappa shape index (κ3) is 7.01. The summed E-state index contributed by atoms with van der Waals surface area (Å²) in [6, 6.07) is 6.54. The van der Waals surface area contributed by atoms with Crippen LogP contribution in [0.5, 0.6) is 0 Å². The van der Waals surface area contributed by atoms with Gasteiger partial charge in [-0.3, -0.25) is 4.79 Å². The van der Waals surface area contributed by atoms with E-state index < -0.39 is 36.3 Å². The van der Waals surface area contributed by atoms with Gasteiger partial charge in [-0.15, -0.1) is 0 Å². The molecule has 0 aliphatic carbocycles. The molecule has 1 aliphatic rings. The van der Waals surface area contributed by atoms with Crippen LogP contribution in [0.15, 0.2) is 36.4 Å². The van der Waals surface area contributed by atoms with Crippen molar-refractivity contribution in [1.29, 1.82) is 0 Å². The van der Waals surface area contributed by atoms with Crippen LogP contribution in [0.4, 0.5) is 39.4 Å². The number of aliphatic carboxylic acids is 1. The molecule has 0 spiro atoms. The highest BCUT2D eigenvalue weighted by atomic mass is 35.5. The number of carboxylic acids is 1. The van der Waals surface area contributed by atoms with E-state index in [0.29, 0.717) is 38.3 Å². The lowest BCUT2D eigenvalue weighted by Crippen LogP contribution is -2.40. The van der Waals surface area contributed by atoms with Crippen LogP contribution in [-0.2, 0) is 9.53 Å². The number of amides is 2. The fourth-order valence-electron chi connectivity index (χ4n) is 4.21. The van der Waals surface area contributed by atoms with Crippen molar-refractivity contribution in [2.45, 2.75) is 44.3 Å². The number of carboxylic acid groups (broad SMARTS) is 1. The largest absolute Gasteiger partial charge is 0.481 e. The first kappa shape index (κ1) is 27.5. The molecule has 36 heavy (non-hydrogen) atoms. The minimum atomic E-state index is -4.82. The van der Waals surface area contributed by atoms with Crippen molar-refractivity contribution in [3.05, 3.63) is 52.8 Å². The van der Waals surface area contributed by atoms with Crippen LogP contribution in [-0.4, -0.2) is 49.1 Å². The molecule has 7 nitrogen and oxygen atoms in total. The molecule has 1 unspecified atom stereocenters. The number of carbonyl (C=O) groups is 2. The van der Waals surface area contributed by atoms with Gasteiger partial charge in [-0.25, -0.2) is 9.18 Å². The second-order valence-electron chi connectivity index (χ2n) is 8.30. The highest BCUT2D eigenvalue weighted by Gasteiger charge is 2.42. The number of carbonyl (C=O) groups excluding carboxylic acids is 1. The van der Waals surface area contributed by atoms with Crippen LogP contribution < -0.4 is 15.5 Å². The highest BCUT2D eigenvalue weighted by molar-refractivity contribution is 6.30. The topological polar surface area (TPSA) is 90.9 Å². The number of benzene rings is 2.